The van der Waals surface area contributed by atoms with Crippen LogP contribution in [0.1, 0.15) is 99.8 Å². The first-order chi connectivity index (χ1) is 11.0. The summed E-state index contributed by atoms with van der Waals surface area (Å²) in [5.74, 6) is -0.815. The number of hydrogen-bond acceptors (Lipinski definition) is 4. The number of unbranched alkanes of at least 4 members (excludes halogenated alkanes) is 1. The van der Waals surface area contributed by atoms with Crippen LogP contribution in [0.2, 0.25) is 0 Å². The van der Waals surface area contributed by atoms with Gasteiger partial charge >= 0.3 is 11.8 Å². The van der Waals surface area contributed by atoms with Crippen LogP contribution in [0.25, 0.3) is 0 Å². The van der Waals surface area contributed by atoms with Gasteiger partial charge in [0.2, 0.25) is 0 Å². The molecule has 142 valence electrons. The van der Waals surface area contributed by atoms with Gasteiger partial charge in [0.05, 0.1) is 0 Å². The van der Waals surface area contributed by atoms with Crippen molar-refractivity contribution in [1.82, 2.24) is 0 Å². The van der Waals surface area contributed by atoms with E-state index in [1.807, 2.05) is 6.92 Å². The van der Waals surface area contributed by atoms with Crippen LogP contribution in [-0.2, 0) is 19.3 Å². The number of carbonyl (C=O) groups excluding carboxylic acids is 1. The van der Waals surface area contributed by atoms with Gasteiger partial charge in [0.25, 0.3) is 0 Å². The molecular formula is C20H38O4. The molecule has 4 nitrogen and oxygen atoms in total. The van der Waals surface area contributed by atoms with Gasteiger partial charge in [-0.1, -0.05) is 54.4 Å². The maximum absolute atomic E-state index is 12.5. The van der Waals surface area contributed by atoms with Gasteiger partial charge in [0, 0.05) is 6.42 Å². The Balaban J connectivity index is 2.43. The van der Waals surface area contributed by atoms with Gasteiger partial charge in [0.15, 0.2) is 0 Å². The highest BCUT2D eigenvalue weighted by molar-refractivity contribution is 5.79. The molecule has 1 heterocycles. The van der Waals surface area contributed by atoms with Crippen LogP contribution in [0.3, 0.4) is 0 Å². The Labute approximate surface area is 148 Å². The lowest BCUT2D eigenvalue weighted by atomic mass is 9.89. The molecule has 0 saturated carbocycles. The minimum absolute atomic E-state index is 0.316. The smallest absolute Gasteiger partial charge is 0.373 e. The van der Waals surface area contributed by atoms with Crippen LogP contribution >= 0.6 is 0 Å². The third kappa shape index (κ3) is 7.52. The fourth-order valence-corrected chi connectivity index (χ4v) is 2.80. The highest BCUT2D eigenvalue weighted by atomic mass is 17.4. The van der Waals surface area contributed by atoms with E-state index < -0.39 is 11.4 Å². The second kappa shape index (κ2) is 8.66. The van der Waals surface area contributed by atoms with Crippen molar-refractivity contribution in [3.63, 3.8) is 0 Å². The molecule has 1 saturated heterocycles. The number of carbonyl (C=O) groups is 1. The molecule has 0 amide bonds. The summed E-state index contributed by atoms with van der Waals surface area (Å²) in [6.07, 6.45) is 7.57. The van der Waals surface area contributed by atoms with Crippen molar-refractivity contribution < 1.29 is 19.3 Å². The average Bonchev–Trinajstić information content (AvgIpc) is 3.23. The molecule has 1 atom stereocenters. The quantitative estimate of drug-likeness (QED) is 0.206. The molecule has 1 rings (SSSR count). The largest absolute Gasteiger partial charge is 0.455 e. The van der Waals surface area contributed by atoms with Crippen LogP contribution < -0.4 is 0 Å². The zero-order valence-electron chi connectivity index (χ0n) is 16.9. The van der Waals surface area contributed by atoms with Crippen LogP contribution in [0.4, 0.5) is 0 Å². The van der Waals surface area contributed by atoms with E-state index in [9.17, 15) is 4.79 Å². The molecule has 0 spiro atoms. The van der Waals surface area contributed by atoms with Crippen LogP contribution in [0, 0.1) is 11.3 Å². The summed E-state index contributed by atoms with van der Waals surface area (Å²) in [6, 6.07) is 0. The van der Waals surface area contributed by atoms with Crippen molar-refractivity contribution >= 4 is 5.97 Å². The molecule has 1 fully saturated rings. The Kier molecular flexibility index (Phi) is 7.74. The first-order valence-electron chi connectivity index (χ1n) is 9.62. The summed E-state index contributed by atoms with van der Waals surface area (Å²) >= 11 is 0. The Morgan fingerprint density at radius 1 is 1.04 bits per heavy atom. The Hall–Kier alpha value is -0.610. The SMILES string of the molecule is CCC(C)(CCCC(C)C)OC(=O)C1(CCCCC(C)(C)C)OO1. The van der Waals surface area contributed by atoms with E-state index in [2.05, 4.69) is 41.5 Å². The number of esters is 1. The monoisotopic (exact) mass is 342 g/mol. The van der Waals surface area contributed by atoms with Crippen molar-refractivity contribution in [2.75, 3.05) is 0 Å². The molecule has 0 aromatic rings. The van der Waals surface area contributed by atoms with E-state index in [0.717, 1.165) is 44.9 Å². The van der Waals surface area contributed by atoms with Crippen molar-refractivity contribution in [2.24, 2.45) is 11.3 Å². The van der Waals surface area contributed by atoms with Crippen LogP contribution in [-0.4, -0.2) is 17.4 Å². The summed E-state index contributed by atoms with van der Waals surface area (Å²) in [5, 5.41) is 0. The Morgan fingerprint density at radius 2 is 1.67 bits per heavy atom. The number of hydrogen-bond donors (Lipinski definition) is 0. The molecule has 4 heteroatoms. The van der Waals surface area contributed by atoms with E-state index in [1.165, 1.54) is 0 Å². The molecular weight excluding hydrogens is 304 g/mol. The second-order valence-corrected chi connectivity index (χ2v) is 9.17. The minimum Gasteiger partial charge on any atom is -0.455 e. The van der Waals surface area contributed by atoms with Gasteiger partial charge in [-0.2, -0.15) is 9.78 Å². The summed E-state index contributed by atoms with van der Waals surface area (Å²) in [7, 11) is 0. The minimum atomic E-state index is -1.13. The normalized spacial score (nSPS) is 19.2. The molecule has 0 aliphatic carbocycles. The standard InChI is InChI=1S/C20H38O4/c1-8-19(7,14-11-12-16(2)3)22-17(21)20(23-24-20)15-10-9-13-18(4,5)6/h16H,8-15H2,1-7H3. The van der Waals surface area contributed by atoms with Gasteiger partial charge in [-0.15, -0.1) is 0 Å². The van der Waals surface area contributed by atoms with Crippen molar-refractivity contribution in [3.8, 4) is 0 Å². The highest BCUT2D eigenvalue weighted by Gasteiger charge is 2.59. The molecule has 0 radical (unpaired) electrons. The predicted molar refractivity (Wildman–Crippen MR) is 96.3 cm³/mol. The summed E-state index contributed by atoms with van der Waals surface area (Å²) in [6.45, 7) is 15.2. The van der Waals surface area contributed by atoms with Gasteiger partial charge in [0.1, 0.15) is 5.60 Å². The lowest BCUT2D eigenvalue weighted by Crippen LogP contribution is -2.37. The molecule has 0 bridgehead atoms. The first kappa shape index (κ1) is 21.4. The van der Waals surface area contributed by atoms with Gasteiger partial charge < -0.3 is 4.74 Å². The number of rotatable bonds is 11. The molecule has 0 N–H and O–H groups in total. The van der Waals surface area contributed by atoms with Crippen LogP contribution in [0.5, 0.6) is 0 Å². The zero-order chi connectivity index (χ0) is 18.4. The number of ether oxygens (including phenoxy) is 1. The molecule has 1 aliphatic heterocycles. The topological polar surface area (TPSA) is 51.4 Å². The van der Waals surface area contributed by atoms with E-state index in [4.69, 9.17) is 14.5 Å². The average molecular weight is 343 g/mol. The third-order valence-electron chi connectivity index (χ3n) is 4.85. The van der Waals surface area contributed by atoms with Gasteiger partial charge in [-0.05, 0) is 50.4 Å². The van der Waals surface area contributed by atoms with E-state index >= 15 is 0 Å². The zero-order valence-corrected chi connectivity index (χ0v) is 16.9. The second-order valence-electron chi connectivity index (χ2n) is 9.17. The molecule has 1 unspecified atom stereocenters. The van der Waals surface area contributed by atoms with Crippen LogP contribution in [0.15, 0.2) is 0 Å². The van der Waals surface area contributed by atoms with Crippen molar-refractivity contribution in [1.29, 1.82) is 0 Å². The fourth-order valence-electron chi connectivity index (χ4n) is 2.80. The summed E-state index contributed by atoms with van der Waals surface area (Å²) in [4.78, 5) is 22.6. The maximum Gasteiger partial charge on any atom is 0.373 e. The van der Waals surface area contributed by atoms with Gasteiger partial charge in [-0.3, -0.25) is 0 Å². The highest BCUT2D eigenvalue weighted by Crippen LogP contribution is 2.39. The lowest BCUT2D eigenvalue weighted by Gasteiger charge is -2.29. The molecule has 0 aromatic heterocycles. The van der Waals surface area contributed by atoms with Crippen molar-refractivity contribution in [3.05, 3.63) is 0 Å². The van der Waals surface area contributed by atoms with Gasteiger partial charge in [-0.25, -0.2) is 4.79 Å². The molecule has 0 aromatic carbocycles. The predicted octanol–water partition coefficient (Wildman–Crippen LogP) is 5.79. The molecule has 1 aliphatic rings. The van der Waals surface area contributed by atoms with Crippen molar-refractivity contribution in [2.45, 2.75) is 111 Å². The molecule has 24 heavy (non-hydrogen) atoms. The summed E-state index contributed by atoms with van der Waals surface area (Å²) < 4.78 is 5.81. The summed E-state index contributed by atoms with van der Waals surface area (Å²) in [5.41, 5.74) is -0.115. The van der Waals surface area contributed by atoms with E-state index in [0.29, 0.717) is 17.8 Å². The first-order valence-corrected chi connectivity index (χ1v) is 9.62. The Bertz CT molecular complexity index is 393. The maximum atomic E-state index is 12.5. The third-order valence-corrected chi connectivity index (χ3v) is 4.85. The Morgan fingerprint density at radius 3 is 2.12 bits per heavy atom. The fraction of sp³-hybridized carbons (Fsp3) is 0.950. The lowest BCUT2D eigenvalue weighted by molar-refractivity contribution is -0.167. The van der Waals surface area contributed by atoms with E-state index in [-0.39, 0.29) is 5.97 Å². The van der Waals surface area contributed by atoms with E-state index in [1.54, 1.807) is 0 Å².